The first-order valence-corrected chi connectivity index (χ1v) is 4.17. The average Bonchev–Trinajstić information content (AvgIpc) is 2.46. The Morgan fingerprint density at radius 3 is 2.85 bits per heavy atom. The molecule has 0 saturated heterocycles. The van der Waals surface area contributed by atoms with Crippen LogP contribution in [0.15, 0.2) is 28.9 Å². The molecule has 0 aliphatic rings. The predicted molar refractivity (Wildman–Crippen MR) is 51.0 cm³/mol. The summed E-state index contributed by atoms with van der Waals surface area (Å²) in [5.41, 5.74) is 2.57. The molecule has 1 heterocycles. The first-order chi connectivity index (χ1) is 6.18. The van der Waals surface area contributed by atoms with E-state index in [0.29, 0.717) is 5.56 Å². The average molecular weight is 174 g/mol. The summed E-state index contributed by atoms with van der Waals surface area (Å²) in [6.45, 7) is 3.54. The normalized spacial score (nSPS) is 10.6. The van der Waals surface area contributed by atoms with Crippen LogP contribution in [0.5, 0.6) is 0 Å². The zero-order chi connectivity index (χ0) is 9.42. The summed E-state index contributed by atoms with van der Waals surface area (Å²) in [4.78, 5) is 11.2. The third-order valence-electron chi connectivity index (χ3n) is 2.11. The quantitative estimate of drug-likeness (QED) is 0.622. The molecule has 0 amide bonds. The highest BCUT2D eigenvalue weighted by atomic mass is 16.3. The van der Waals surface area contributed by atoms with Crippen molar-refractivity contribution in [1.82, 2.24) is 0 Å². The van der Waals surface area contributed by atoms with E-state index in [0.717, 1.165) is 16.5 Å². The van der Waals surface area contributed by atoms with E-state index in [1.165, 1.54) is 6.26 Å². The van der Waals surface area contributed by atoms with Crippen LogP contribution in [0.4, 0.5) is 0 Å². The van der Waals surface area contributed by atoms with Crippen LogP contribution in [0.1, 0.15) is 22.8 Å². The molecule has 0 atom stereocenters. The van der Waals surface area contributed by atoms with Gasteiger partial charge in [0.15, 0.2) is 5.78 Å². The molecule has 2 rings (SSSR count). The Bertz CT molecular complexity index is 466. The summed E-state index contributed by atoms with van der Waals surface area (Å²) >= 11 is 0. The number of fused-ring (bicyclic) bond motifs is 1. The van der Waals surface area contributed by atoms with Crippen LogP contribution in [0, 0.1) is 6.92 Å². The molecule has 0 radical (unpaired) electrons. The number of Topliss-reactive ketones (excluding diaryl/α,β-unsaturated/α-hetero) is 1. The number of rotatable bonds is 1. The number of carbonyl (C=O) groups excluding carboxylic acids is 1. The van der Waals surface area contributed by atoms with Crippen LogP contribution in [0.25, 0.3) is 11.0 Å². The van der Waals surface area contributed by atoms with E-state index < -0.39 is 0 Å². The maximum absolute atomic E-state index is 11.2. The predicted octanol–water partition coefficient (Wildman–Crippen LogP) is 2.94. The smallest absolute Gasteiger partial charge is 0.163 e. The number of ketones is 1. The topological polar surface area (TPSA) is 30.2 Å². The summed E-state index contributed by atoms with van der Waals surface area (Å²) in [6, 6.07) is 5.82. The molecule has 2 heteroatoms. The lowest BCUT2D eigenvalue weighted by Crippen LogP contribution is -1.88. The summed E-state index contributed by atoms with van der Waals surface area (Å²) in [6.07, 6.45) is 1.52. The lowest BCUT2D eigenvalue weighted by Gasteiger charge is -1.93. The Labute approximate surface area is 76.2 Å². The van der Waals surface area contributed by atoms with Crippen LogP contribution in [-0.2, 0) is 0 Å². The molecule has 0 aliphatic carbocycles. The highest BCUT2D eigenvalue weighted by molar-refractivity contribution is 6.05. The van der Waals surface area contributed by atoms with E-state index >= 15 is 0 Å². The van der Waals surface area contributed by atoms with Gasteiger partial charge in [-0.25, -0.2) is 0 Å². The van der Waals surface area contributed by atoms with E-state index in [-0.39, 0.29) is 5.78 Å². The van der Waals surface area contributed by atoms with Gasteiger partial charge in [-0.05, 0) is 26.0 Å². The van der Waals surface area contributed by atoms with Crippen molar-refractivity contribution in [3.8, 4) is 0 Å². The van der Waals surface area contributed by atoms with Gasteiger partial charge in [0.2, 0.25) is 0 Å². The molecule has 0 N–H and O–H groups in total. The highest BCUT2D eigenvalue weighted by Crippen LogP contribution is 2.22. The minimum absolute atomic E-state index is 0.0457. The Hall–Kier alpha value is -1.57. The summed E-state index contributed by atoms with van der Waals surface area (Å²) in [7, 11) is 0. The molecule has 0 spiro atoms. The van der Waals surface area contributed by atoms with Gasteiger partial charge in [0.25, 0.3) is 0 Å². The summed E-state index contributed by atoms with van der Waals surface area (Å²) in [5.74, 6) is 0.0457. The third kappa shape index (κ3) is 1.24. The van der Waals surface area contributed by atoms with E-state index in [4.69, 9.17) is 4.42 Å². The number of hydrogen-bond acceptors (Lipinski definition) is 2. The van der Waals surface area contributed by atoms with Crippen molar-refractivity contribution < 1.29 is 9.21 Å². The van der Waals surface area contributed by atoms with E-state index in [2.05, 4.69) is 0 Å². The number of furan rings is 1. The van der Waals surface area contributed by atoms with Crippen LogP contribution >= 0.6 is 0 Å². The van der Waals surface area contributed by atoms with Crippen LogP contribution in [0.3, 0.4) is 0 Å². The Morgan fingerprint density at radius 1 is 1.38 bits per heavy atom. The van der Waals surface area contributed by atoms with Crippen molar-refractivity contribution in [2.24, 2.45) is 0 Å². The molecule has 13 heavy (non-hydrogen) atoms. The van der Waals surface area contributed by atoms with Gasteiger partial charge in [0.1, 0.15) is 11.8 Å². The molecular weight excluding hydrogens is 164 g/mol. The number of hydrogen-bond donors (Lipinski definition) is 0. The first kappa shape index (κ1) is 8.05. The lowest BCUT2D eigenvalue weighted by atomic mass is 10.1. The number of carbonyl (C=O) groups is 1. The van der Waals surface area contributed by atoms with Crippen molar-refractivity contribution in [2.45, 2.75) is 13.8 Å². The monoisotopic (exact) mass is 174 g/mol. The van der Waals surface area contributed by atoms with Crippen molar-refractivity contribution >= 4 is 16.8 Å². The van der Waals surface area contributed by atoms with Gasteiger partial charge < -0.3 is 4.42 Å². The van der Waals surface area contributed by atoms with Gasteiger partial charge in [0, 0.05) is 5.39 Å². The second kappa shape index (κ2) is 2.73. The fraction of sp³-hybridized carbons (Fsp3) is 0.182. The summed E-state index contributed by atoms with van der Waals surface area (Å²) < 4.78 is 5.24. The zero-order valence-corrected chi connectivity index (χ0v) is 7.63. The Kier molecular flexibility index (Phi) is 1.69. The van der Waals surface area contributed by atoms with Crippen molar-refractivity contribution in [3.63, 3.8) is 0 Å². The molecule has 1 aromatic carbocycles. The maximum atomic E-state index is 11.2. The second-order valence-electron chi connectivity index (χ2n) is 3.21. The highest BCUT2D eigenvalue weighted by Gasteiger charge is 2.08. The number of benzene rings is 1. The van der Waals surface area contributed by atoms with Crippen molar-refractivity contribution in [3.05, 3.63) is 35.6 Å². The SMILES string of the molecule is CC(=O)c1coc2ccc(C)cc12. The molecule has 1 aromatic heterocycles. The molecule has 0 fully saturated rings. The maximum Gasteiger partial charge on any atom is 0.163 e. The Morgan fingerprint density at radius 2 is 2.15 bits per heavy atom. The number of aryl methyl sites for hydroxylation is 1. The fourth-order valence-electron chi connectivity index (χ4n) is 1.42. The van der Waals surface area contributed by atoms with Gasteiger partial charge in [-0.2, -0.15) is 0 Å². The molecule has 0 saturated carbocycles. The molecule has 2 aromatic rings. The standard InChI is InChI=1S/C11H10O2/c1-7-3-4-11-9(5-7)10(6-13-11)8(2)12/h3-6H,1-2H3. The van der Waals surface area contributed by atoms with E-state index in [1.54, 1.807) is 6.92 Å². The van der Waals surface area contributed by atoms with Gasteiger partial charge in [0.05, 0.1) is 5.56 Å². The fourth-order valence-corrected chi connectivity index (χ4v) is 1.42. The molecule has 0 unspecified atom stereocenters. The minimum Gasteiger partial charge on any atom is -0.464 e. The molecule has 66 valence electrons. The van der Waals surface area contributed by atoms with Gasteiger partial charge in [-0.15, -0.1) is 0 Å². The van der Waals surface area contributed by atoms with E-state index in [1.807, 2.05) is 25.1 Å². The zero-order valence-electron chi connectivity index (χ0n) is 7.63. The van der Waals surface area contributed by atoms with Crippen molar-refractivity contribution in [2.75, 3.05) is 0 Å². The lowest BCUT2D eigenvalue weighted by molar-refractivity contribution is 0.101. The first-order valence-electron chi connectivity index (χ1n) is 4.17. The third-order valence-corrected chi connectivity index (χ3v) is 2.11. The van der Waals surface area contributed by atoms with Crippen LogP contribution in [0.2, 0.25) is 0 Å². The molecule has 0 bridgehead atoms. The molecule has 2 nitrogen and oxygen atoms in total. The van der Waals surface area contributed by atoms with Gasteiger partial charge in [-0.1, -0.05) is 11.6 Å². The van der Waals surface area contributed by atoms with E-state index in [9.17, 15) is 4.79 Å². The molecular formula is C11H10O2. The van der Waals surface area contributed by atoms with Crippen LogP contribution in [-0.4, -0.2) is 5.78 Å². The van der Waals surface area contributed by atoms with Gasteiger partial charge in [-0.3, -0.25) is 4.79 Å². The minimum atomic E-state index is 0.0457. The summed E-state index contributed by atoms with van der Waals surface area (Å²) in [5, 5.41) is 0.910. The second-order valence-corrected chi connectivity index (χ2v) is 3.21. The van der Waals surface area contributed by atoms with Gasteiger partial charge >= 0.3 is 0 Å². The van der Waals surface area contributed by atoms with Crippen molar-refractivity contribution in [1.29, 1.82) is 0 Å². The molecule has 0 aliphatic heterocycles. The largest absolute Gasteiger partial charge is 0.464 e. The Balaban J connectivity index is 2.79. The van der Waals surface area contributed by atoms with Crippen LogP contribution < -0.4 is 0 Å².